The topological polar surface area (TPSA) is 85.6 Å². The van der Waals surface area contributed by atoms with Crippen LogP contribution in [-0.4, -0.2) is 31.1 Å². The molecule has 7 heteroatoms. The molecule has 1 aromatic carbocycles. The number of pyridine rings is 1. The highest BCUT2D eigenvalue weighted by Gasteiger charge is 2.28. The maximum absolute atomic E-state index is 12.2. The number of nitrogens with one attached hydrogen (secondary N) is 1. The fourth-order valence-corrected chi connectivity index (χ4v) is 2.39. The van der Waals surface area contributed by atoms with E-state index in [1.807, 2.05) is 28.9 Å². The Morgan fingerprint density at radius 3 is 2.91 bits per heavy atom. The molecule has 1 aliphatic carbocycles. The lowest BCUT2D eigenvalue weighted by Gasteiger charge is -2.07. The first kappa shape index (κ1) is 13.6. The molecule has 3 aromatic rings. The van der Waals surface area contributed by atoms with Crippen LogP contribution in [0, 0.1) is 0 Å². The zero-order valence-electron chi connectivity index (χ0n) is 12.3. The van der Waals surface area contributed by atoms with Crippen molar-refractivity contribution in [1.82, 2.24) is 25.2 Å². The predicted molar refractivity (Wildman–Crippen MR) is 83.7 cm³/mol. The van der Waals surface area contributed by atoms with E-state index in [2.05, 4.69) is 25.8 Å². The smallest absolute Gasteiger partial charge is 0.257 e. The number of rotatable bonds is 4. The van der Waals surface area contributed by atoms with Crippen molar-refractivity contribution < 1.29 is 4.79 Å². The second-order valence-electron chi connectivity index (χ2n) is 5.45. The summed E-state index contributed by atoms with van der Waals surface area (Å²) in [5.74, 6) is 0.530. The Labute approximate surface area is 132 Å². The standard InChI is InChI=1S/C16H14N6O/c23-16(12-4-2-8-17-10-12)18-13-5-1-3-11(9-13)15-19-20-21-22(15)14-6-7-14/h1-5,8-10,14H,6-7H2,(H,18,23). The van der Waals surface area contributed by atoms with Gasteiger partial charge < -0.3 is 5.32 Å². The fourth-order valence-electron chi connectivity index (χ4n) is 2.39. The highest BCUT2D eigenvalue weighted by molar-refractivity contribution is 6.04. The number of carbonyl (C=O) groups is 1. The van der Waals surface area contributed by atoms with Crippen molar-refractivity contribution in [2.75, 3.05) is 5.32 Å². The van der Waals surface area contributed by atoms with Crippen molar-refractivity contribution >= 4 is 11.6 Å². The van der Waals surface area contributed by atoms with Gasteiger partial charge in [0.15, 0.2) is 5.82 Å². The maximum Gasteiger partial charge on any atom is 0.257 e. The Hall–Kier alpha value is -3.09. The number of anilines is 1. The van der Waals surface area contributed by atoms with Gasteiger partial charge in [-0.1, -0.05) is 12.1 Å². The molecule has 23 heavy (non-hydrogen) atoms. The van der Waals surface area contributed by atoms with Crippen molar-refractivity contribution in [2.24, 2.45) is 0 Å². The number of nitrogens with zero attached hydrogens (tertiary/aromatic N) is 5. The first-order valence-electron chi connectivity index (χ1n) is 7.41. The SMILES string of the molecule is O=C(Nc1cccc(-c2nnnn2C2CC2)c1)c1cccnc1. The van der Waals surface area contributed by atoms with Crippen LogP contribution < -0.4 is 5.32 Å². The molecule has 0 saturated heterocycles. The van der Waals surface area contributed by atoms with E-state index in [0.717, 1.165) is 24.2 Å². The molecule has 1 saturated carbocycles. The molecule has 2 aromatic heterocycles. The summed E-state index contributed by atoms with van der Waals surface area (Å²) in [7, 11) is 0. The Morgan fingerprint density at radius 1 is 1.22 bits per heavy atom. The fraction of sp³-hybridized carbons (Fsp3) is 0.188. The Bertz CT molecular complexity index is 841. The van der Waals surface area contributed by atoms with Crippen LogP contribution in [0.4, 0.5) is 5.69 Å². The maximum atomic E-state index is 12.2. The lowest BCUT2D eigenvalue weighted by Crippen LogP contribution is -2.12. The monoisotopic (exact) mass is 306 g/mol. The van der Waals surface area contributed by atoms with E-state index < -0.39 is 0 Å². The summed E-state index contributed by atoms with van der Waals surface area (Å²) in [5.41, 5.74) is 2.09. The van der Waals surface area contributed by atoms with Crippen molar-refractivity contribution in [1.29, 1.82) is 0 Å². The molecular formula is C16H14N6O. The predicted octanol–water partition coefficient (Wildman–Crippen LogP) is 2.32. The molecule has 1 fully saturated rings. The third-order valence-corrected chi connectivity index (χ3v) is 3.69. The van der Waals surface area contributed by atoms with Crippen LogP contribution >= 0.6 is 0 Å². The quantitative estimate of drug-likeness (QED) is 0.799. The number of benzene rings is 1. The third kappa shape index (κ3) is 2.80. The van der Waals surface area contributed by atoms with Gasteiger partial charge in [-0.05, 0) is 47.5 Å². The number of hydrogen-bond donors (Lipinski definition) is 1. The molecule has 0 bridgehead atoms. The Balaban J connectivity index is 1.59. The molecule has 0 aliphatic heterocycles. The molecule has 1 N–H and O–H groups in total. The van der Waals surface area contributed by atoms with E-state index in [9.17, 15) is 4.79 Å². The van der Waals surface area contributed by atoms with Gasteiger partial charge in [0.25, 0.3) is 5.91 Å². The summed E-state index contributed by atoms with van der Waals surface area (Å²) in [4.78, 5) is 16.2. The van der Waals surface area contributed by atoms with Gasteiger partial charge in [0, 0.05) is 23.6 Å². The Morgan fingerprint density at radius 2 is 2.13 bits per heavy atom. The molecule has 1 aliphatic rings. The minimum Gasteiger partial charge on any atom is -0.322 e. The second kappa shape index (κ2) is 5.60. The van der Waals surface area contributed by atoms with Crippen molar-refractivity contribution in [3.8, 4) is 11.4 Å². The van der Waals surface area contributed by atoms with Crippen LogP contribution in [0.15, 0.2) is 48.8 Å². The molecule has 4 rings (SSSR count). The molecule has 0 atom stereocenters. The van der Waals surface area contributed by atoms with E-state index in [1.165, 1.54) is 6.20 Å². The van der Waals surface area contributed by atoms with Crippen molar-refractivity contribution in [2.45, 2.75) is 18.9 Å². The van der Waals surface area contributed by atoms with Crippen molar-refractivity contribution in [3.05, 3.63) is 54.4 Å². The molecule has 7 nitrogen and oxygen atoms in total. The molecule has 0 spiro atoms. The number of aromatic nitrogens is 5. The lowest BCUT2D eigenvalue weighted by molar-refractivity contribution is 0.102. The van der Waals surface area contributed by atoms with Crippen LogP contribution in [0.3, 0.4) is 0 Å². The largest absolute Gasteiger partial charge is 0.322 e. The third-order valence-electron chi connectivity index (χ3n) is 3.69. The number of hydrogen-bond acceptors (Lipinski definition) is 5. The van der Waals surface area contributed by atoms with E-state index in [0.29, 0.717) is 17.3 Å². The zero-order chi connectivity index (χ0) is 15.6. The minimum absolute atomic E-state index is 0.197. The van der Waals surface area contributed by atoms with Gasteiger partial charge in [-0.3, -0.25) is 9.78 Å². The van der Waals surface area contributed by atoms with Crippen LogP contribution in [0.5, 0.6) is 0 Å². The molecule has 2 heterocycles. The van der Waals surface area contributed by atoms with E-state index in [1.54, 1.807) is 18.3 Å². The highest BCUT2D eigenvalue weighted by Crippen LogP contribution is 2.36. The van der Waals surface area contributed by atoms with Gasteiger partial charge in [0.05, 0.1) is 11.6 Å². The highest BCUT2D eigenvalue weighted by atomic mass is 16.1. The summed E-state index contributed by atoms with van der Waals surface area (Å²) in [6.07, 6.45) is 5.38. The molecule has 0 unspecified atom stereocenters. The minimum atomic E-state index is -0.197. The summed E-state index contributed by atoms with van der Waals surface area (Å²) < 4.78 is 1.85. The summed E-state index contributed by atoms with van der Waals surface area (Å²) in [6, 6.07) is 11.4. The van der Waals surface area contributed by atoms with Crippen LogP contribution in [0.25, 0.3) is 11.4 Å². The molecule has 0 radical (unpaired) electrons. The molecular weight excluding hydrogens is 292 g/mol. The van der Waals surface area contributed by atoms with Gasteiger partial charge in [-0.25, -0.2) is 4.68 Å². The second-order valence-corrected chi connectivity index (χ2v) is 5.45. The molecule has 1 amide bonds. The number of amides is 1. The van der Waals surface area contributed by atoms with Gasteiger partial charge in [-0.2, -0.15) is 0 Å². The van der Waals surface area contributed by atoms with Gasteiger partial charge >= 0.3 is 0 Å². The summed E-state index contributed by atoms with van der Waals surface area (Å²) in [6.45, 7) is 0. The van der Waals surface area contributed by atoms with E-state index >= 15 is 0 Å². The zero-order valence-corrected chi connectivity index (χ0v) is 12.3. The first-order valence-corrected chi connectivity index (χ1v) is 7.41. The summed E-state index contributed by atoms with van der Waals surface area (Å²) in [5, 5.41) is 14.8. The molecule has 114 valence electrons. The first-order chi connectivity index (χ1) is 11.3. The van der Waals surface area contributed by atoms with Crippen LogP contribution in [0.2, 0.25) is 0 Å². The average molecular weight is 306 g/mol. The van der Waals surface area contributed by atoms with E-state index in [4.69, 9.17) is 0 Å². The lowest BCUT2D eigenvalue weighted by atomic mass is 10.1. The average Bonchev–Trinajstić information content (AvgIpc) is 3.32. The number of tetrazole rings is 1. The van der Waals surface area contributed by atoms with E-state index in [-0.39, 0.29) is 5.91 Å². The Kier molecular flexibility index (Phi) is 3.30. The van der Waals surface area contributed by atoms with Gasteiger partial charge in [0.1, 0.15) is 0 Å². The normalized spacial score (nSPS) is 13.7. The van der Waals surface area contributed by atoms with Gasteiger partial charge in [-0.15, -0.1) is 5.10 Å². The van der Waals surface area contributed by atoms with Crippen LogP contribution in [-0.2, 0) is 0 Å². The van der Waals surface area contributed by atoms with Gasteiger partial charge in [0.2, 0.25) is 0 Å². The summed E-state index contributed by atoms with van der Waals surface area (Å²) >= 11 is 0. The van der Waals surface area contributed by atoms with Crippen LogP contribution in [0.1, 0.15) is 29.2 Å². The van der Waals surface area contributed by atoms with Crippen molar-refractivity contribution in [3.63, 3.8) is 0 Å². The number of carbonyl (C=O) groups excluding carboxylic acids is 1.